The number of carbonyl (C=O) groups excluding carboxylic acids is 1. The van der Waals surface area contributed by atoms with Crippen molar-refractivity contribution in [3.8, 4) is 0 Å². The van der Waals surface area contributed by atoms with E-state index < -0.39 is 5.97 Å². The molecule has 4 nitrogen and oxygen atoms in total. The number of carbonyl (C=O) groups is 2. The molecular weight excluding hydrogens is 160 g/mol. The minimum Gasteiger partial charge on any atom is -0.481 e. The van der Waals surface area contributed by atoms with E-state index >= 15 is 0 Å². The van der Waals surface area contributed by atoms with Gasteiger partial charge in [-0.25, -0.2) is 0 Å². The lowest BCUT2D eigenvalue weighted by atomic mass is 9.99. The second kappa shape index (κ2) is 5.57. The molecule has 0 radical (unpaired) electrons. The second-order valence-corrected chi connectivity index (χ2v) is 2.65. The zero-order chi connectivity index (χ0) is 9.56. The predicted octanol–water partition coefficient (Wildman–Crippen LogP) is 1.05. The van der Waals surface area contributed by atoms with Gasteiger partial charge in [-0.3, -0.25) is 9.59 Å². The van der Waals surface area contributed by atoms with Gasteiger partial charge in [0.15, 0.2) is 0 Å². The summed E-state index contributed by atoms with van der Waals surface area (Å²) < 4.78 is 4.43. The second-order valence-electron chi connectivity index (χ2n) is 2.65. The van der Waals surface area contributed by atoms with Gasteiger partial charge in [-0.1, -0.05) is 13.3 Å². The van der Waals surface area contributed by atoms with Gasteiger partial charge in [-0.05, 0) is 5.92 Å². The quantitative estimate of drug-likeness (QED) is 0.633. The molecule has 0 saturated carbocycles. The first-order valence-corrected chi connectivity index (χ1v) is 3.88. The number of rotatable bonds is 5. The van der Waals surface area contributed by atoms with Crippen molar-refractivity contribution in [1.29, 1.82) is 0 Å². The zero-order valence-electron chi connectivity index (χ0n) is 7.37. The summed E-state index contributed by atoms with van der Waals surface area (Å²) in [5.74, 6) is -1.32. The summed E-state index contributed by atoms with van der Waals surface area (Å²) >= 11 is 0. The normalized spacial score (nSPS) is 12.2. The van der Waals surface area contributed by atoms with Crippen molar-refractivity contribution < 1.29 is 19.4 Å². The van der Waals surface area contributed by atoms with E-state index in [0.29, 0.717) is 6.42 Å². The van der Waals surface area contributed by atoms with Gasteiger partial charge in [0.05, 0.1) is 7.11 Å². The van der Waals surface area contributed by atoms with Crippen LogP contribution in [0, 0.1) is 5.92 Å². The molecule has 0 aliphatic rings. The Balaban J connectivity index is 3.82. The Kier molecular flexibility index (Phi) is 5.08. The summed E-state index contributed by atoms with van der Waals surface area (Å²) in [5, 5.41) is 8.45. The van der Waals surface area contributed by atoms with Crippen molar-refractivity contribution in [3.05, 3.63) is 0 Å². The highest BCUT2D eigenvalue weighted by Crippen LogP contribution is 2.13. The van der Waals surface area contributed by atoms with Gasteiger partial charge < -0.3 is 9.84 Å². The summed E-state index contributed by atoms with van der Waals surface area (Å²) in [7, 11) is 1.30. The zero-order valence-corrected chi connectivity index (χ0v) is 7.37. The maximum absolute atomic E-state index is 10.7. The van der Waals surface area contributed by atoms with Crippen molar-refractivity contribution in [2.75, 3.05) is 7.11 Å². The number of hydrogen-bond donors (Lipinski definition) is 1. The van der Waals surface area contributed by atoms with E-state index in [9.17, 15) is 9.59 Å². The fourth-order valence-corrected chi connectivity index (χ4v) is 0.927. The number of aliphatic carboxylic acids is 1. The maximum atomic E-state index is 10.7. The Morgan fingerprint density at radius 1 is 1.42 bits per heavy atom. The molecule has 0 aromatic carbocycles. The summed E-state index contributed by atoms with van der Waals surface area (Å²) in [6.07, 6.45) is 0.909. The van der Waals surface area contributed by atoms with Gasteiger partial charge in [0.25, 0.3) is 0 Å². The Labute approximate surface area is 71.5 Å². The molecule has 0 amide bonds. The van der Waals surface area contributed by atoms with Crippen LogP contribution in [-0.4, -0.2) is 24.2 Å². The van der Waals surface area contributed by atoms with E-state index in [2.05, 4.69) is 4.74 Å². The molecule has 1 N–H and O–H groups in total. The molecule has 0 heterocycles. The smallest absolute Gasteiger partial charge is 0.305 e. The van der Waals surface area contributed by atoms with Gasteiger partial charge >= 0.3 is 11.9 Å². The van der Waals surface area contributed by atoms with Gasteiger partial charge in [0, 0.05) is 12.8 Å². The van der Waals surface area contributed by atoms with Gasteiger partial charge in [0.1, 0.15) is 0 Å². The van der Waals surface area contributed by atoms with Gasteiger partial charge in [-0.15, -0.1) is 0 Å². The first-order chi connectivity index (χ1) is 5.60. The van der Waals surface area contributed by atoms with Crippen LogP contribution in [0.1, 0.15) is 26.2 Å². The number of carboxylic acid groups (broad SMARTS) is 1. The van der Waals surface area contributed by atoms with Crippen LogP contribution < -0.4 is 0 Å². The molecule has 0 aromatic rings. The highest BCUT2D eigenvalue weighted by Gasteiger charge is 2.15. The van der Waals surface area contributed by atoms with E-state index in [1.165, 1.54) is 7.11 Å². The molecule has 0 aliphatic carbocycles. The van der Waals surface area contributed by atoms with Crippen molar-refractivity contribution in [1.82, 2.24) is 0 Å². The van der Waals surface area contributed by atoms with Crippen LogP contribution in [-0.2, 0) is 14.3 Å². The number of ether oxygens (including phenoxy) is 1. The third kappa shape index (κ3) is 4.71. The SMILES string of the molecule is CCC(CC(=O)O)CC(=O)OC. The minimum atomic E-state index is -0.870. The number of carboxylic acids is 1. The Morgan fingerprint density at radius 2 is 2.00 bits per heavy atom. The van der Waals surface area contributed by atoms with Crippen molar-refractivity contribution in [2.24, 2.45) is 5.92 Å². The lowest BCUT2D eigenvalue weighted by Gasteiger charge is -2.09. The van der Waals surface area contributed by atoms with Gasteiger partial charge in [0.2, 0.25) is 0 Å². The summed E-state index contributed by atoms with van der Waals surface area (Å²) in [6.45, 7) is 1.86. The predicted molar refractivity (Wildman–Crippen MR) is 42.7 cm³/mol. The number of esters is 1. The third-order valence-electron chi connectivity index (χ3n) is 1.72. The summed E-state index contributed by atoms with van der Waals surface area (Å²) in [6, 6.07) is 0. The minimum absolute atomic E-state index is 0.0333. The van der Waals surface area contributed by atoms with Gasteiger partial charge in [-0.2, -0.15) is 0 Å². The fourth-order valence-electron chi connectivity index (χ4n) is 0.927. The number of methoxy groups -OCH3 is 1. The highest BCUT2D eigenvalue weighted by atomic mass is 16.5. The number of hydrogen-bond acceptors (Lipinski definition) is 3. The molecule has 12 heavy (non-hydrogen) atoms. The van der Waals surface area contributed by atoms with Crippen molar-refractivity contribution in [2.45, 2.75) is 26.2 Å². The molecule has 0 fully saturated rings. The van der Waals surface area contributed by atoms with Crippen LogP contribution in [0.3, 0.4) is 0 Å². The molecule has 1 atom stereocenters. The molecule has 0 saturated heterocycles. The largest absolute Gasteiger partial charge is 0.481 e. The average molecular weight is 174 g/mol. The molecule has 4 heteroatoms. The van der Waals surface area contributed by atoms with E-state index in [4.69, 9.17) is 5.11 Å². The van der Waals surface area contributed by atoms with Crippen molar-refractivity contribution in [3.63, 3.8) is 0 Å². The molecule has 0 aromatic heterocycles. The molecule has 0 rings (SSSR count). The molecule has 70 valence electrons. The van der Waals surface area contributed by atoms with Crippen LogP contribution in [0.2, 0.25) is 0 Å². The van der Waals surface area contributed by atoms with Crippen LogP contribution in [0.5, 0.6) is 0 Å². The summed E-state index contributed by atoms with van der Waals surface area (Å²) in [5.41, 5.74) is 0. The highest BCUT2D eigenvalue weighted by molar-refractivity contribution is 5.72. The van der Waals surface area contributed by atoms with Crippen LogP contribution >= 0.6 is 0 Å². The first-order valence-electron chi connectivity index (χ1n) is 3.88. The fraction of sp³-hybridized carbons (Fsp3) is 0.750. The lowest BCUT2D eigenvalue weighted by molar-refractivity contribution is -0.143. The molecule has 1 unspecified atom stereocenters. The average Bonchev–Trinajstić information content (AvgIpc) is 2.02. The van der Waals surface area contributed by atoms with Crippen LogP contribution in [0.25, 0.3) is 0 Å². The standard InChI is InChI=1S/C8H14O4/c1-3-6(4-7(9)10)5-8(11)12-2/h6H,3-5H2,1-2H3,(H,9,10). The third-order valence-corrected chi connectivity index (χ3v) is 1.72. The monoisotopic (exact) mass is 174 g/mol. The van der Waals surface area contributed by atoms with E-state index in [-0.39, 0.29) is 24.7 Å². The lowest BCUT2D eigenvalue weighted by Crippen LogP contribution is -2.13. The molecular formula is C8H14O4. The summed E-state index contributed by atoms with van der Waals surface area (Å²) in [4.78, 5) is 21.0. The molecule has 0 spiro atoms. The van der Waals surface area contributed by atoms with E-state index in [1.54, 1.807) is 0 Å². The van der Waals surface area contributed by atoms with Crippen LogP contribution in [0.15, 0.2) is 0 Å². The topological polar surface area (TPSA) is 63.6 Å². The van der Waals surface area contributed by atoms with E-state index in [0.717, 1.165) is 0 Å². The maximum Gasteiger partial charge on any atom is 0.305 e. The Bertz CT molecular complexity index is 164. The Morgan fingerprint density at radius 3 is 2.33 bits per heavy atom. The molecule has 0 aliphatic heterocycles. The van der Waals surface area contributed by atoms with Crippen molar-refractivity contribution >= 4 is 11.9 Å². The first kappa shape index (κ1) is 10.9. The van der Waals surface area contributed by atoms with E-state index in [1.807, 2.05) is 6.92 Å². The molecule has 0 bridgehead atoms. The van der Waals surface area contributed by atoms with Crippen LogP contribution in [0.4, 0.5) is 0 Å². The Hall–Kier alpha value is -1.06.